The third-order valence-electron chi connectivity index (χ3n) is 6.13. The zero-order valence-electron chi connectivity index (χ0n) is 16.9. The van der Waals surface area contributed by atoms with Gasteiger partial charge < -0.3 is 9.80 Å². The fourth-order valence-electron chi connectivity index (χ4n) is 4.38. The summed E-state index contributed by atoms with van der Waals surface area (Å²) >= 11 is 0. The Kier molecular flexibility index (Phi) is 5.28. The molecule has 2 aliphatic heterocycles. The molecule has 2 fully saturated rings. The largest absolute Gasteiger partial charge is 0.343 e. The van der Waals surface area contributed by atoms with E-state index in [0.717, 1.165) is 10.5 Å². The Morgan fingerprint density at radius 2 is 1.60 bits per heavy atom. The van der Waals surface area contributed by atoms with Crippen molar-refractivity contribution in [2.24, 2.45) is 0 Å². The zero-order chi connectivity index (χ0) is 21.3. The summed E-state index contributed by atoms with van der Waals surface area (Å²) in [6.45, 7) is 2.51. The second kappa shape index (κ2) is 7.89. The minimum Gasteiger partial charge on any atom is -0.343 e. The highest BCUT2D eigenvalue weighted by molar-refractivity contribution is 6.07. The summed E-state index contributed by atoms with van der Waals surface area (Å²) in [5.41, 5.74) is 0.210. The van der Waals surface area contributed by atoms with E-state index in [1.54, 1.807) is 28.0 Å². The van der Waals surface area contributed by atoms with Crippen LogP contribution in [0.2, 0.25) is 0 Å². The number of likely N-dealkylation sites (tertiary alicyclic amines) is 1. The van der Waals surface area contributed by atoms with Crippen LogP contribution in [0.5, 0.6) is 0 Å². The molecule has 2 saturated heterocycles. The summed E-state index contributed by atoms with van der Waals surface area (Å²) in [6.07, 6.45) is 0.746. The van der Waals surface area contributed by atoms with E-state index in [1.165, 1.54) is 13.0 Å². The molecule has 156 valence electrons. The van der Waals surface area contributed by atoms with E-state index < -0.39 is 17.4 Å². The van der Waals surface area contributed by atoms with Gasteiger partial charge in [0.25, 0.3) is 5.91 Å². The molecule has 0 unspecified atom stereocenters. The van der Waals surface area contributed by atoms with Gasteiger partial charge in [0, 0.05) is 32.1 Å². The van der Waals surface area contributed by atoms with E-state index in [2.05, 4.69) is 0 Å². The van der Waals surface area contributed by atoms with Gasteiger partial charge in [-0.05, 0) is 24.5 Å². The van der Waals surface area contributed by atoms with Gasteiger partial charge in [-0.3, -0.25) is 14.5 Å². The van der Waals surface area contributed by atoms with Crippen molar-refractivity contribution < 1.29 is 18.8 Å². The molecule has 4 rings (SSSR count). The molecule has 0 radical (unpaired) electrons. The molecule has 4 amide bonds. The molecular formula is C23H24FN3O3. The summed E-state index contributed by atoms with van der Waals surface area (Å²) in [4.78, 5) is 43.1. The van der Waals surface area contributed by atoms with E-state index in [0.29, 0.717) is 38.0 Å². The molecule has 0 saturated carbocycles. The van der Waals surface area contributed by atoms with Crippen molar-refractivity contribution in [1.82, 2.24) is 14.7 Å². The lowest BCUT2D eigenvalue weighted by atomic mass is 9.85. The fourth-order valence-corrected chi connectivity index (χ4v) is 4.38. The average Bonchev–Trinajstić information content (AvgIpc) is 2.93. The van der Waals surface area contributed by atoms with Crippen molar-refractivity contribution in [1.29, 1.82) is 0 Å². The maximum Gasteiger partial charge on any atom is 0.328 e. The Balaban J connectivity index is 1.66. The molecule has 0 N–H and O–H groups in total. The van der Waals surface area contributed by atoms with Crippen LogP contribution in [0, 0.1) is 5.82 Å². The third kappa shape index (κ3) is 3.44. The predicted octanol–water partition coefficient (Wildman–Crippen LogP) is 3.17. The van der Waals surface area contributed by atoms with Crippen molar-refractivity contribution in [3.05, 3.63) is 71.5 Å². The van der Waals surface area contributed by atoms with E-state index in [4.69, 9.17) is 0 Å². The number of amides is 4. The van der Waals surface area contributed by atoms with Gasteiger partial charge in [-0.2, -0.15) is 0 Å². The smallest absolute Gasteiger partial charge is 0.328 e. The SMILES string of the molecule is CC(=O)N1CCC2(CC1)C(=O)N(Cc1ccccc1F)C(=O)N2Cc1ccccc1. The van der Waals surface area contributed by atoms with Crippen LogP contribution < -0.4 is 0 Å². The van der Waals surface area contributed by atoms with Gasteiger partial charge in [-0.25, -0.2) is 9.18 Å². The lowest BCUT2D eigenvalue weighted by molar-refractivity contribution is -0.140. The summed E-state index contributed by atoms with van der Waals surface area (Å²) in [6, 6.07) is 15.3. The molecule has 2 heterocycles. The minimum atomic E-state index is -1.01. The number of imide groups is 1. The number of hydrogen-bond donors (Lipinski definition) is 0. The van der Waals surface area contributed by atoms with Crippen LogP contribution in [0.4, 0.5) is 9.18 Å². The number of carbonyl (C=O) groups excluding carboxylic acids is 3. The zero-order valence-corrected chi connectivity index (χ0v) is 16.9. The molecule has 30 heavy (non-hydrogen) atoms. The highest BCUT2D eigenvalue weighted by atomic mass is 19.1. The van der Waals surface area contributed by atoms with Crippen LogP contribution in [0.1, 0.15) is 30.9 Å². The second-order valence-corrected chi connectivity index (χ2v) is 7.87. The molecule has 2 aliphatic rings. The molecule has 7 heteroatoms. The Morgan fingerprint density at radius 1 is 0.967 bits per heavy atom. The normalized spacial score (nSPS) is 18.4. The number of urea groups is 1. The molecule has 2 aromatic rings. The Morgan fingerprint density at radius 3 is 2.23 bits per heavy atom. The molecule has 2 aromatic carbocycles. The highest BCUT2D eigenvalue weighted by Gasteiger charge is 2.58. The fraction of sp³-hybridized carbons (Fsp3) is 0.348. The number of nitrogens with zero attached hydrogens (tertiary/aromatic N) is 3. The average molecular weight is 409 g/mol. The van der Waals surface area contributed by atoms with Crippen molar-refractivity contribution in [2.75, 3.05) is 13.1 Å². The summed E-state index contributed by atoms with van der Waals surface area (Å²) in [5.74, 6) is -0.797. The first-order chi connectivity index (χ1) is 14.4. The number of piperidine rings is 1. The molecule has 0 aliphatic carbocycles. The van der Waals surface area contributed by atoms with Gasteiger partial charge in [0.1, 0.15) is 11.4 Å². The number of benzene rings is 2. The summed E-state index contributed by atoms with van der Waals surface area (Å²) in [7, 11) is 0. The number of hydrogen-bond acceptors (Lipinski definition) is 3. The first-order valence-electron chi connectivity index (χ1n) is 10.1. The summed E-state index contributed by atoms with van der Waals surface area (Å²) in [5, 5.41) is 0. The Labute approximate surface area is 174 Å². The Bertz CT molecular complexity index is 971. The van der Waals surface area contributed by atoms with Crippen LogP contribution in [0.25, 0.3) is 0 Å². The van der Waals surface area contributed by atoms with Gasteiger partial charge in [-0.1, -0.05) is 48.5 Å². The third-order valence-corrected chi connectivity index (χ3v) is 6.13. The summed E-state index contributed by atoms with van der Waals surface area (Å²) < 4.78 is 14.2. The predicted molar refractivity (Wildman–Crippen MR) is 109 cm³/mol. The lowest BCUT2D eigenvalue weighted by Gasteiger charge is -2.42. The molecule has 1 spiro atoms. The van der Waals surface area contributed by atoms with Gasteiger partial charge in [0.05, 0.1) is 6.54 Å². The van der Waals surface area contributed by atoms with Crippen LogP contribution in [-0.2, 0) is 22.7 Å². The van der Waals surface area contributed by atoms with E-state index in [9.17, 15) is 18.8 Å². The standard InChI is InChI=1S/C23H24FN3O3/c1-17(28)25-13-11-23(12-14-25)21(29)26(16-19-9-5-6-10-20(19)24)22(30)27(23)15-18-7-3-2-4-8-18/h2-10H,11-16H2,1H3. The van der Waals surface area contributed by atoms with E-state index >= 15 is 0 Å². The molecule has 0 atom stereocenters. The molecule has 0 aromatic heterocycles. The highest BCUT2D eigenvalue weighted by Crippen LogP contribution is 2.39. The van der Waals surface area contributed by atoms with Crippen molar-refractivity contribution in [2.45, 2.75) is 38.4 Å². The minimum absolute atomic E-state index is 0.0422. The van der Waals surface area contributed by atoms with Gasteiger partial charge >= 0.3 is 6.03 Å². The second-order valence-electron chi connectivity index (χ2n) is 7.87. The number of halogens is 1. The van der Waals surface area contributed by atoms with Crippen molar-refractivity contribution in [3.8, 4) is 0 Å². The quantitative estimate of drug-likeness (QED) is 0.729. The number of carbonyl (C=O) groups is 3. The van der Waals surface area contributed by atoms with Crippen LogP contribution >= 0.6 is 0 Å². The van der Waals surface area contributed by atoms with E-state index in [1.807, 2.05) is 30.3 Å². The van der Waals surface area contributed by atoms with Crippen LogP contribution in [-0.4, -0.2) is 51.2 Å². The van der Waals surface area contributed by atoms with Gasteiger partial charge in [0.2, 0.25) is 5.91 Å². The lowest BCUT2D eigenvalue weighted by Crippen LogP contribution is -2.56. The molecule has 0 bridgehead atoms. The maximum absolute atomic E-state index is 14.2. The molecule has 6 nitrogen and oxygen atoms in total. The monoisotopic (exact) mass is 409 g/mol. The van der Waals surface area contributed by atoms with Crippen molar-refractivity contribution in [3.63, 3.8) is 0 Å². The topological polar surface area (TPSA) is 60.9 Å². The maximum atomic E-state index is 14.2. The van der Waals surface area contributed by atoms with Crippen LogP contribution in [0.15, 0.2) is 54.6 Å². The van der Waals surface area contributed by atoms with Crippen molar-refractivity contribution >= 4 is 17.8 Å². The van der Waals surface area contributed by atoms with Gasteiger partial charge in [-0.15, -0.1) is 0 Å². The Hall–Kier alpha value is -3.22. The van der Waals surface area contributed by atoms with Crippen LogP contribution in [0.3, 0.4) is 0 Å². The molecular weight excluding hydrogens is 385 g/mol. The first-order valence-corrected chi connectivity index (χ1v) is 10.1. The first kappa shape index (κ1) is 20.1. The van der Waals surface area contributed by atoms with Gasteiger partial charge in [0.15, 0.2) is 0 Å². The van der Waals surface area contributed by atoms with E-state index in [-0.39, 0.29) is 18.4 Å². The number of rotatable bonds is 4.